The van der Waals surface area contributed by atoms with Gasteiger partial charge in [-0.05, 0) is 57.1 Å². The molecule has 0 heterocycles. The van der Waals surface area contributed by atoms with Gasteiger partial charge in [-0.15, -0.1) is 0 Å². The Bertz CT molecular complexity index is 434. The second-order valence-corrected chi connectivity index (χ2v) is 6.95. The lowest BCUT2D eigenvalue weighted by Gasteiger charge is -2.35. The molecule has 1 aromatic rings. The molecule has 1 atom stereocenters. The zero-order valence-corrected chi connectivity index (χ0v) is 14.7. The average molecular weight is 360 g/mol. The molecule has 0 bridgehead atoms. The predicted octanol–water partition coefficient (Wildman–Crippen LogP) is 4.63. The molecule has 0 saturated heterocycles. The molecule has 0 aromatic heterocycles. The summed E-state index contributed by atoms with van der Waals surface area (Å²) in [4.78, 5) is 2.50. The monoisotopic (exact) mass is 358 g/mol. The first kappa shape index (κ1) is 16.3. The number of nitrogens with one attached hydrogen (secondary N) is 1. The first-order valence-corrected chi connectivity index (χ1v) is 8.67. The van der Waals surface area contributed by atoms with E-state index in [1.165, 1.54) is 24.8 Å². The van der Waals surface area contributed by atoms with Gasteiger partial charge in [-0.2, -0.15) is 0 Å². The molecule has 4 heteroatoms. The van der Waals surface area contributed by atoms with E-state index in [-0.39, 0.29) is 0 Å². The van der Waals surface area contributed by atoms with Crippen LogP contribution in [0.4, 0.5) is 0 Å². The lowest BCUT2D eigenvalue weighted by molar-refractivity contribution is 0.153. The van der Waals surface area contributed by atoms with Gasteiger partial charge in [0.25, 0.3) is 0 Å². The maximum atomic E-state index is 6.39. The van der Waals surface area contributed by atoms with Crippen LogP contribution in [0.25, 0.3) is 0 Å². The van der Waals surface area contributed by atoms with E-state index in [1.54, 1.807) is 0 Å². The van der Waals surface area contributed by atoms with Crippen molar-refractivity contribution in [2.75, 3.05) is 20.1 Å². The van der Waals surface area contributed by atoms with Gasteiger partial charge in [-0.25, -0.2) is 0 Å². The first-order chi connectivity index (χ1) is 9.61. The predicted molar refractivity (Wildman–Crippen MR) is 90.5 cm³/mol. The van der Waals surface area contributed by atoms with Crippen LogP contribution in [0.3, 0.4) is 0 Å². The third-order valence-corrected chi connectivity index (χ3v) is 5.08. The maximum Gasteiger partial charge on any atom is 0.0465 e. The van der Waals surface area contributed by atoms with Crippen molar-refractivity contribution in [2.24, 2.45) is 0 Å². The quantitative estimate of drug-likeness (QED) is 0.763. The molecule has 2 rings (SSSR count). The van der Waals surface area contributed by atoms with Crippen molar-refractivity contribution >= 4 is 27.5 Å². The van der Waals surface area contributed by atoms with E-state index in [4.69, 9.17) is 11.6 Å². The number of rotatable bonds is 7. The maximum absolute atomic E-state index is 6.39. The molecule has 1 aromatic carbocycles. The largest absolute Gasteiger partial charge is 0.310 e. The summed E-state index contributed by atoms with van der Waals surface area (Å²) in [5.74, 6) is 0. The third kappa shape index (κ3) is 4.20. The average Bonchev–Trinajstić information content (AvgIpc) is 2.33. The van der Waals surface area contributed by atoms with Crippen LogP contribution in [0.1, 0.15) is 44.2 Å². The van der Waals surface area contributed by atoms with E-state index < -0.39 is 0 Å². The molecule has 1 unspecified atom stereocenters. The molecule has 20 heavy (non-hydrogen) atoms. The molecule has 0 radical (unpaired) electrons. The zero-order chi connectivity index (χ0) is 14.5. The van der Waals surface area contributed by atoms with Crippen molar-refractivity contribution in [3.05, 3.63) is 33.3 Å². The van der Waals surface area contributed by atoms with Crippen LogP contribution in [-0.2, 0) is 0 Å². The molecule has 2 nitrogen and oxygen atoms in total. The molecule has 0 aliphatic heterocycles. The van der Waals surface area contributed by atoms with Gasteiger partial charge in [0.15, 0.2) is 0 Å². The van der Waals surface area contributed by atoms with Crippen LogP contribution in [-0.4, -0.2) is 31.1 Å². The van der Waals surface area contributed by atoms with Gasteiger partial charge in [-0.1, -0.05) is 46.9 Å². The van der Waals surface area contributed by atoms with Crippen molar-refractivity contribution in [1.82, 2.24) is 10.2 Å². The summed E-state index contributed by atoms with van der Waals surface area (Å²) in [6.07, 6.45) is 5.22. The van der Waals surface area contributed by atoms with E-state index in [9.17, 15) is 0 Å². The van der Waals surface area contributed by atoms with Gasteiger partial charge in [0.2, 0.25) is 0 Å². The number of nitrogens with zero attached hydrogens (tertiary/aromatic N) is 1. The lowest BCUT2D eigenvalue weighted by atomic mass is 9.91. The van der Waals surface area contributed by atoms with E-state index >= 15 is 0 Å². The van der Waals surface area contributed by atoms with E-state index in [2.05, 4.69) is 52.3 Å². The summed E-state index contributed by atoms with van der Waals surface area (Å²) >= 11 is 9.86. The van der Waals surface area contributed by atoms with Crippen LogP contribution in [0.15, 0.2) is 22.7 Å². The summed E-state index contributed by atoms with van der Waals surface area (Å²) in [5.41, 5.74) is 1.21. The minimum absolute atomic E-state index is 0.336. The molecule has 1 saturated carbocycles. The normalized spacial score (nSPS) is 17.2. The highest BCUT2D eigenvalue weighted by molar-refractivity contribution is 9.10. The second kappa shape index (κ2) is 7.79. The minimum Gasteiger partial charge on any atom is -0.310 e. The fourth-order valence-electron chi connectivity index (χ4n) is 2.74. The van der Waals surface area contributed by atoms with Crippen LogP contribution in [0.2, 0.25) is 5.02 Å². The van der Waals surface area contributed by atoms with Gasteiger partial charge in [0, 0.05) is 21.6 Å². The fourth-order valence-corrected chi connectivity index (χ4v) is 3.55. The smallest absolute Gasteiger partial charge is 0.0465 e. The number of hydrogen-bond acceptors (Lipinski definition) is 2. The van der Waals surface area contributed by atoms with Crippen LogP contribution < -0.4 is 5.32 Å². The number of halogens is 2. The first-order valence-electron chi connectivity index (χ1n) is 7.50. The van der Waals surface area contributed by atoms with E-state index in [0.717, 1.165) is 35.0 Å². The topological polar surface area (TPSA) is 15.3 Å². The Morgan fingerprint density at radius 1 is 1.45 bits per heavy atom. The fraction of sp³-hybridized carbons (Fsp3) is 0.625. The lowest BCUT2D eigenvalue weighted by Crippen LogP contribution is -2.39. The third-order valence-electron chi connectivity index (χ3n) is 4.26. The minimum atomic E-state index is 0.336. The molecule has 1 N–H and O–H groups in total. The van der Waals surface area contributed by atoms with Gasteiger partial charge >= 0.3 is 0 Å². The SMILES string of the molecule is CCNC(CCN(C)C1CCC1)c1ccc(Br)cc1Cl. The molecule has 0 amide bonds. The molecule has 1 aliphatic rings. The zero-order valence-electron chi connectivity index (χ0n) is 12.3. The summed E-state index contributed by atoms with van der Waals surface area (Å²) in [5, 5.41) is 4.41. The molecular formula is C16H24BrClN2. The van der Waals surface area contributed by atoms with Crippen LogP contribution in [0, 0.1) is 0 Å². The van der Waals surface area contributed by atoms with Crippen LogP contribution >= 0.6 is 27.5 Å². The summed E-state index contributed by atoms with van der Waals surface area (Å²) in [7, 11) is 2.25. The van der Waals surface area contributed by atoms with Gasteiger partial charge in [-0.3, -0.25) is 0 Å². The van der Waals surface area contributed by atoms with E-state index in [1.807, 2.05) is 6.07 Å². The van der Waals surface area contributed by atoms with Crippen molar-refractivity contribution in [1.29, 1.82) is 0 Å². The van der Waals surface area contributed by atoms with Gasteiger partial charge in [0.05, 0.1) is 0 Å². The summed E-state index contributed by atoms with van der Waals surface area (Å²) in [6.45, 7) is 4.23. The number of benzene rings is 1. The van der Waals surface area contributed by atoms with E-state index in [0.29, 0.717) is 6.04 Å². The molecular weight excluding hydrogens is 336 g/mol. The molecule has 112 valence electrons. The molecule has 0 spiro atoms. The van der Waals surface area contributed by atoms with Crippen molar-refractivity contribution < 1.29 is 0 Å². The van der Waals surface area contributed by atoms with Crippen molar-refractivity contribution in [3.8, 4) is 0 Å². The Labute approximate surface area is 136 Å². The van der Waals surface area contributed by atoms with Crippen molar-refractivity contribution in [2.45, 2.75) is 44.7 Å². The summed E-state index contributed by atoms with van der Waals surface area (Å²) < 4.78 is 1.04. The van der Waals surface area contributed by atoms with Gasteiger partial charge < -0.3 is 10.2 Å². The highest BCUT2D eigenvalue weighted by Gasteiger charge is 2.23. The highest BCUT2D eigenvalue weighted by Crippen LogP contribution is 2.29. The molecule has 1 aliphatic carbocycles. The number of hydrogen-bond donors (Lipinski definition) is 1. The summed E-state index contributed by atoms with van der Waals surface area (Å²) in [6, 6.07) is 7.32. The Balaban J connectivity index is 1.98. The molecule has 1 fully saturated rings. The van der Waals surface area contributed by atoms with Gasteiger partial charge in [0.1, 0.15) is 0 Å². The second-order valence-electron chi connectivity index (χ2n) is 5.63. The Morgan fingerprint density at radius 2 is 2.20 bits per heavy atom. The Kier molecular flexibility index (Phi) is 6.34. The Morgan fingerprint density at radius 3 is 2.75 bits per heavy atom. The van der Waals surface area contributed by atoms with Crippen LogP contribution in [0.5, 0.6) is 0 Å². The highest BCUT2D eigenvalue weighted by atomic mass is 79.9. The Hall–Kier alpha value is -0.0900. The standard InChI is InChI=1S/C16H24BrClN2/c1-3-19-16(9-10-20(2)13-5-4-6-13)14-8-7-12(17)11-15(14)18/h7-8,11,13,16,19H,3-6,9-10H2,1-2H3. The van der Waals surface area contributed by atoms with Crippen molar-refractivity contribution in [3.63, 3.8) is 0 Å².